The van der Waals surface area contributed by atoms with E-state index in [0.717, 1.165) is 11.1 Å². The Morgan fingerprint density at radius 3 is 2.23 bits per heavy atom. The van der Waals surface area contributed by atoms with Crippen molar-refractivity contribution in [2.24, 2.45) is 16.2 Å². The van der Waals surface area contributed by atoms with Crippen LogP contribution < -0.4 is 25.4 Å². The number of nitrogens with one attached hydrogen (secondary N) is 3. The monoisotopic (exact) mass is 867 g/mol. The lowest BCUT2D eigenvalue weighted by atomic mass is 9.49. The number of nitrogens with zero attached hydrogens (tertiary/aromatic N) is 2. The predicted molar refractivity (Wildman–Crippen MR) is 235 cm³/mol. The van der Waals surface area contributed by atoms with E-state index in [-0.39, 0.29) is 50.8 Å². The fourth-order valence-electron chi connectivity index (χ4n) is 8.52. The van der Waals surface area contributed by atoms with Gasteiger partial charge in [-0.15, -0.1) is 6.42 Å². The fraction of sp³-hybridized carbons (Fsp3) is 0.479. The van der Waals surface area contributed by atoms with Crippen molar-refractivity contribution in [3.63, 3.8) is 0 Å². The van der Waals surface area contributed by atoms with Crippen molar-refractivity contribution >= 4 is 35.2 Å². The second-order valence-electron chi connectivity index (χ2n) is 18.3. The van der Waals surface area contributed by atoms with Crippen molar-refractivity contribution in [3.8, 4) is 29.9 Å². The quantitative estimate of drug-likeness (QED) is 0.0966. The molecule has 0 radical (unpaired) electrons. The highest BCUT2D eigenvalue weighted by molar-refractivity contribution is 6.31. The zero-order valence-corrected chi connectivity index (χ0v) is 37.3. The Bertz CT molecular complexity index is 2150. The number of amides is 4. The van der Waals surface area contributed by atoms with E-state index < -0.39 is 52.2 Å². The van der Waals surface area contributed by atoms with E-state index in [9.17, 15) is 29.5 Å². The summed E-state index contributed by atoms with van der Waals surface area (Å²) >= 11 is 6.22. The number of carbonyl (C=O) groups excluding carboxylic acids is 4. The molecule has 3 aromatic rings. The molecule has 4 amide bonds. The first kappa shape index (κ1) is 47.4. The van der Waals surface area contributed by atoms with Gasteiger partial charge >= 0.3 is 0 Å². The third kappa shape index (κ3) is 11.4. The van der Waals surface area contributed by atoms with Gasteiger partial charge in [-0.05, 0) is 72.4 Å². The van der Waals surface area contributed by atoms with Gasteiger partial charge in [0.2, 0.25) is 17.7 Å². The van der Waals surface area contributed by atoms with Gasteiger partial charge < -0.3 is 40.2 Å². The van der Waals surface area contributed by atoms with E-state index in [1.807, 2.05) is 32.9 Å². The number of nitriles is 1. The van der Waals surface area contributed by atoms with Gasteiger partial charge in [0.25, 0.3) is 5.91 Å². The summed E-state index contributed by atoms with van der Waals surface area (Å²) in [7, 11) is 0. The van der Waals surface area contributed by atoms with Crippen molar-refractivity contribution in [2.75, 3.05) is 26.4 Å². The molecule has 2 aliphatic rings. The topological polar surface area (TPSA) is 179 Å². The molecule has 1 saturated carbocycles. The van der Waals surface area contributed by atoms with Crippen LogP contribution in [0, 0.1) is 39.9 Å². The summed E-state index contributed by atoms with van der Waals surface area (Å²) in [5, 5.41) is 28.8. The average Bonchev–Trinajstić information content (AvgIpc) is 3.63. The molecule has 1 heterocycles. The largest absolute Gasteiger partial charge is 0.494 e. The van der Waals surface area contributed by atoms with Gasteiger partial charge in [-0.3, -0.25) is 19.2 Å². The first-order valence-electron chi connectivity index (χ1n) is 20.8. The molecule has 2 fully saturated rings. The van der Waals surface area contributed by atoms with Crippen molar-refractivity contribution < 1.29 is 38.5 Å². The molecule has 1 aliphatic carbocycles. The van der Waals surface area contributed by atoms with Gasteiger partial charge in [0.15, 0.2) is 0 Å². The second-order valence-corrected chi connectivity index (χ2v) is 18.7. The lowest BCUT2D eigenvalue weighted by Crippen LogP contribution is -2.74. The lowest BCUT2D eigenvalue weighted by Gasteiger charge is -2.63. The number of terminal acetylenes is 1. The Morgan fingerprint density at radius 1 is 0.968 bits per heavy atom. The number of likely N-dealkylation sites (tertiary alicyclic amines) is 1. The van der Waals surface area contributed by atoms with Crippen molar-refractivity contribution in [1.82, 2.24) is 20.9 Å². The zero-order chi connectivity index (χ0) is 45.4. The Balaban J connectivity index is 1.01. The van der Waals surface area contributed by atoms with E-state index in [1.54, 1.807) is 54.6 Å². The molecule has 1 aliphatic heterocycles. The number of unbranched alkanes of at least 4 members (excludes halogenated alkanes) is 1. The Kier molecular flexibility index (Phi) is 15.4. The van der Waals surface area contributed by atoms with E-state index >= 15 is 0 Å². The van der Waals surface area contributed by atoms with Gasteiger partial charge in [-0.2, -0.15) is 5.26 Å². The number of aliphatic hydroxyl groups excluding tert-OH is 1. The van der Waals surface area contributed by atoms with Crippen LogP contribution in [0.4, 0.5) is 0 Å². The van der Waals surface area contributed by atoms with Crippen LogP contribution in [0.5, 0.6) is 11.5 Å². The summed E-state index contributed by atoms with van der Waals surface area (Å²) in [5.74, 6) is 2.20. The normalized spacial score (nSPS) is 20.4. The Morgan fingerprint density at radius 2 is 1.61 bits per heavy atom. The molecular weight excluding hydrogens is 810 g/mol. The van der Waals surface area contributed by atoms with E-state index in [2.05, 4.69) is 55.6 Å². The molecule has 62 heavy (non-hydrogen) atoms. The number of aliphatic hydroxyl groups is 1. The van der Waals surface area contributed by atoms with Gasteiger partial charge in [0, 0.05) is 60.2 Å². The summed E-state index contributed by atoms with van der Waals surface area (Å²) < 4.78 is 17.8. The molecule has 5 rings (SSSR count). The number of hydrogen-bond donors (Lipinski definition) is 4. The van der Waals surface area contributed by atoms with E-state index in [4.69, 9.17) is 32.2 Å². The van der Waals surface area contributed by atoms with Gasteiger partial charge in [0.1, 0.15) is 42.4 Å². The smallest absolute Gasteiger partial charge is 0.251 e. The van der Waals surface area contributed by atoms with Crippen LogP contribution in [0.1, 0.15) is 94.8 Å². The molecule has 0 aromatic heterocycles. The highest BCUT2D eigenvalue weighted by atomic mass is 35.5. The third-order valence-electron chi connectivity index (χ3n) is 11.6. The van der Waals surface area contributed by atoms with Crippen LogP contribution >= 0.6 is 11.6 Å². The minimum atomic E-state index is -0.966. The standard InChI is InChI=1S/C48H58ClN5O8/c1-9-30-12-14-31(15-13-30)27-51-42(58)38-24-34(55)28-54(38)43(59)40(46(2,3)4)52-39(56)29-60-22-10-11-23-61-35-19-16-32(17-20-35)41(57)53-44-47(5,6)45(48(44,7)8)62-36-21-18-33(26-50)37(49)25-36/h1,12-21,25,34,38,40,44-45,55H,10-11,22-24,27-29H2,2-8H3,(H,51,58)(H,52,56)(H,53,57)/t34-,38+,40-,44?,45?/m1/s1. The molecular formula is C48H58ClN5O8. The molecule has 0 bridgehead atoms. The first-order valence-corrected chi connectivity index (χ1v) is 21.2. The van der Waals surface area contributed by atoms with Crippen LogP contribution in [0.25, 0.3) is 0 Å². The summed E-state index contributed by atoms with van der Waals surface area (Å²) in [6.45, 7) is 14.3. The van der Waals surface area contributed by atoms with Crippen molar-refractivity contribution in [1.29, 1.82) is 5.26 Å². The summed E-state index contributed by atoms with van der Waals surface area (Å²) in [4.78, 5) is 54.7. The molecule has 13 nitrogen and oxygen atoms in total. The number of hydrogen-bond acceptors (Lipinski definition) is 9. The maximum atomic E-state index is 13.9. The second kappa shape index (κ2) is 20.1. The number of β-amino-alcohol motifs (C(OH)–C–C–N with tert-alkyl or cyclic N) is 1. The number of rotatable bonds is 17. The molecule has 0 spiro atoms. The Hall–Kier alpha value is -5.60. The molecule has 1 saturated heterocycles. The lowest BCUT2D eigenvalue weighted by molar-refractivity contribution is -0.164. The number of halogens is 1. The van der Waals surface area contributed by atoms with E-state index in [1.165, 1.54) is 4.90 Å². The van der Waals surface area contributed by atoms with Crippen molar-refractivity contribution in [2.45, 2.75) is 105 Å². The number of benzene rings is 3. The molecule has 330 valence electrons. The first-order chi connectivity index (χ1) is 29.3. The van der Waals surface area contributed by atoms with Gasteiger partial charge in [-0.1, -0.05) is 78.1 Å². The third-order valence-corrected chi connectivity index (χ3v) is 11.9. The summed E-state index contributed by atoms with van der Waals surface area (Å²) in [6.07, 6.45) is 5.67. The molecule has 0 unspecified atom stereocenters. The van der Waals surface area contributed by atoms with Crippen LogP contribution in [0.2, 0.25) is 5.02 Å². The summed E-state index contributed by atoms with van der Waals surface area (Å²) in [5.41, 5.74) is 0.941. The van der Waals surface area contributed by atoms with Crippen LogP contribution in [-0.2, 0) is 25.7 Å². The average molecular weight is 868 g/mol. The highest BCUT2D eigenvalue weighted by Gasteiger charge is 2.64. The van der Waals surface area contributed by atoms with Crippen LogP contribution in [-0.4, -0.2) is 90.3 Å². The van der Waals surface area contributed by atoms with Crippen LogP contribution in [0.15, 0.2) is 66.7 Å². The molecule has 14 heteroatoms. The minimum absolute atomic E-state index is 0.0250. The Labute approximate surface area is 369 Å². The maximum Gasteiger partial charge on any atom is 0.251 e. The van der Waals surface area contributed by atoms with Gasteiger partial charge in [0.05, 0.1) is 23.3 Å². The predicted octanol–water partition coefficient (Wildman–Crippen LogP) is 5.79. The molecule has 3 atom stereocenters. The molecule has 4 N–H and O–H groups in total. The maximum absolute atomic E-state index is 13.9. The molecule has 3 aromatic carbocycles. The highest BCUT2D eigenvalue weighted by Crippen LogP contribution is 2.55. The SMILES string of the molecule is C#Cc1ccc(CNC(=O)[C@@H]2C[C@@H](O)CN2C(=O)[C@@H](NC(=O)COCCCCOc2ccc(C(=O)NC3C(C)(C)C(Oc4ccc(C#N)c(Cl)c4)C3(C)C)cc2)C(C)(C)C)cc1. The number of carbonyl (C=O) groups is 4. The van der Waals surface area contributed by atoms with Crippen molar-refractivity contribution in [3.05, 3.63) is 94.0 Å². The van der Waals surface area contributed by atoms with Crippen LogP contribution in [0.3, 0.4) is 0 Å². The zero-order valence-electron chi connectivity index (χ0n) is 36.5. The number of ether oxygens (including phenoxy) is 3. The minimum Gasteiger partial charge on any atom is -0.494 e. The fourth-order valence-corrected chi connectivity index (χ4v) is 8.74. The van der Waals surface area contributed by atoms with E-state index in [0.29, 0.717) is 47.1 Å². The van der Waals surface area contributed by atoms with Gasteiger partial charge in [-0.25, -0.2) is 0 Å². The summed E-state index contributed by atoms with van der Waals surface area (Å²) in [6, 6.07) is 19.1.